The number of hydrogen-bond donors (Lipinski definition) is 2. The minimum atomic E-state index is -0.196. The second-order valence-electron chi connectivity index (χ2n) is 6.70. The fourth-order valence-electron chi connectivity index (χ4n) is 3.39. The fourth-order valence-corrected chi connectivity index (χ4v) is 4.52. The molecule has 7 heteroatoms. The van der Waals surface area contributed by atoms with Gasteiger partial charge in [-0.25, -0.2) is 0 Å². The molecule has 3 rings (SSSR count). The van der Waals surface area contributed by atoms with Crippen LogP contribution in [-0.2, 0) is 4.79 Å². The molecule has 146 valence electrons. The molecule has 0 spiro atoms. The van der Waals surface area contributed by atoms with E-state index in [1.807, 2.05) is 28.9 Å². The van der Waals surface area contributed by atoms with Gasteiger partial charge in [0.2, 0.25) is 5.91 Å². The summed E-state index contributed by atoms with van der Waals surface area (Å²) in [7, 11) is 0. The second-order valence-corrected chi connectivity index (χ2v) is 7.79. The summed E-state index contributed by atoms with van der Waals surface area (Å²) in [5.41, 5.74) is 1.48. The summed E-state index contributed by atoms with van der Waals surface area (Å²) in [6.45, 7) is 6.91. The van der Waals surface area contributed by atoms with Crippen LogP contribution in [0.25, 0.3) is 0 Å². The van der Waals surface area contributed by atoms with E-state index in [4.69, 9.17) is 4.74 Å². The Labute approximate surface area is 163 Å². The Morgan fingerprint density at radius 1 is 1.19 bits per heavy atom. The summed E-state index contributed by atoms with van der Waals surface area (Å²) in [4.78, 5) is 25.1. The molecule has 0 bridgehead atoms. The van der Waals surface area contributed by atoms with Gasteiger partial charge in [0.25, 0.3) is 5.56 Å². The summed E-state index contributed by atoms with van der Waals surface area (Å²) in [5, 5.41) is 5.70. The first-order valence-electron chi connectivity index (χ1n) is 9.57. The lowest BCUT2D eigenvalue weighted by Crippen LogP contribution is -2.19. The predicted octanol–water partition coefficient (Wildman–Crippen LogP) is 4.10. The monoisotopic (exact) mass is 389 g/mol. The minimum Gasteiger partial charge on any atom is -0.494 e. The summed E-state index contributed by atoms with van der Waals surface area (Å²) in [6, 6.07) is 7.97. The molecule has 2 heterocycles. The van der Waals surface area contributed by atoms with Gasteiger partial charge in [-0.05, 0) is 37.0 Å². The lowest BCUT2D eigenvalue weighted by molar-refractivity contribution is -0.113. The number of carbonyl (C=O) groups is 1. The smallest absolute Gasteiger partial charge is 0.270 e. The van der Waals surface area contributed by atoms with Gasteiger partial charge < -0.3 is 10.1 Å². The van der Waals surface area contributed by atoms with Gasteiger partial charge in [0, 0.05) is 0 Å². The number of rotatable bonds is 7. The largest absolute Gasteiger partial charge is 0.494 e. The van der Waals surface area contributed by atoms with Crippen molar-refractivity contribution in [3.8, 4) is 5.75 Å². The van der Waals surface area contributed by atoms with Crippen LogP contribution in [0.2, 0.25) is 0 Å². The van der Waals surface area contributed by atoms with Crippen molar-refractivity contribution in [1.82, 2.24) is 9.78 Å². The lowest BCUT2D eigenvalue weighted by atomic mass is 10.1. The number of aromatic nitrogens is 2. The molecule has 27 heavy (non-hydrogen) atoms. The first-order valence-corrected chi connectivity index (χ1v) is 10.6. The van der Waals surface area contributed by atoms with Gasteiger partial charge in [-0.15, -0.1) is 11.8 Å². The molecule has 2 N–H and O–H groups in total. The third-order valence-corrected chi connectivity index (χ3v) is 6.10. The van der Waals surface area contributed by atoms with Gasteiger partial charge in [-0.2, -0.15) is 0 Å². The number of H-pyrrole nitrogens is 1. The molecule has 0 radical (unpaired) electrons. The van der Waals surface area contributed by atoms with E-state index in [0.717, 1.165) is 30.6 Å². The number of benzene rings is 1. The predicted molar refractivity (Wildman–Crippen MR) is 110 cm³/mol. The molecular formula is C20H27N3O3S. The van der Waals surface area contributed by atoms with E-state index in [2.05, 4.69) is 31.2 Å². The number of carbonyl (C=O) groups excluding carboxylic acids is 1. The molecule has 0 unspecified atom stereocenters. The first kappa shape index (κ1) is 19.6. The van der Waals surface area contributed by atoms with Gasteiger partial charge in [0.05, 0.1) is 29.2 Å². The quantitative estimate of drug-likeness (QED) is 0.747. The zero-order chi connectivity index (χ0) is 19.4. The van der Waals surface area contributed by atoms with Crippen molar-refractivity contribution >= 4 is 23.5 Å². The normalized spacial score (nSPS) is 16.7. The maximum atomic E-state index is 12.8. The van der Waals surface area contributed by atoms with E-state index in [-0.39, 0.29) is 22.8 Å². The van der Waals surface area contributed by atoms with E-state index in [0.29, 0.717) is 23.7 Å². The molecule has 1 aliphatic rings. The average molecular weight is 390 g/mol. The topological polar surface area (TPSA) is 76.1 Å². The number of nitrogens with zero attached hydrogens (tertiary/aromatic N) is 1. The van der Waals surface area contributed by atoms with Crippen molar-refractivity contribution in [2.45, 2.75) is 51.3 Å². The van der Waals surface area contributed by atoms with Gasteiger partial charge in [0.1, 0.15) is 11.6 Å². The van der Waals surface area contributed by atoms with Crippen LogP contribution < -0.4 is 15.6 Å². The van der Waals surface area contributed by atoms with Crippen LogP contribution in [0, 0.1) is 0 Å². The maximum absolute atomic E-state index is 12.8. The zero-order valence-corrected chi connectivity index (χ0v) is 16.9. The van der Waals surface area contributed by atoms with E-state index >= 15 is 0 Å². The molecular weight excluding hydrogens is 362 g/mol. The SMILES string of the molecule is CCCOc1ccc([C@@H]2SCC(=O)Nc3c2c(=O)[nH]n3C(CC)CC)cc1. The van der Waals surface area contributed by atoms with Crippen molar-refractivity contribution < 1.29 is 9.53 Å². The second kappa shape index (κ2) is 8.69. The summed E-state index contributed by atoms with van der Waals surface area (Å²) >= 11 is 1.48. The molecule has 1 aromatic carbocycles. The molecule has 0 aliphatic carbocycles. The van der Waals surface area contributed by atoms with Crippen LogP contribution in [0.15, 0.2) is 29.1 Å². The number of fused-ring (bicyclic) bond motifs is 1. The van der Waals surface area contributed by atoms with Crippen molar-refractivity contribution in [2.24, 2.45) is 0 Å². The zero-order valence-electron chi connectivity index (χ0n) is 16.1. The van der Waals surface area contributed by atoms with Crippen LogP contribution in [0.5, 0.6) is 5.75 Å². The Morgan fingerprint density at radius 2 is 1.89 bits per heavy atom. The number of ether oxygens (including phenoxy) is 1. The maximum Gasteiger partial charge on any atom is 0.270 e. The van der Waals surface area contributed by atoms with Crippen molar-refractivity contribution in [3.05, 3.63) is 45.7 Å². The van der Waals surface area contributed by atoms with Crippen molar-refractivity contribution in [2.75, 3.05) is 17.7 Å². The third kappa shape index (κ3) is 4.08. The van der Waals surface area contributed by atoms with E-state index < -0.39 is 0 Å². The number of hydrogen-bond acceptors (Lipinski definition) is 4. The highest BCUT2D eigenvalue weighted by molar-refractivity contribution is 8.00. The molecule has 0 fully saturated rings. The van der Waals surface area contributed by atoms with Gasteiger partial charge in [0.15, 0.2) is 0 Å². The third-order valence-electron chi connectivity index (χ3n) is 4.83. The van der Waals surface area contributed by atoms with Crippen molar-refractivity contribution in [3.63, 3.8) is 0 Å². The Balaban J connectivity index is 2.01. The molecule has 2 aromatic rings. The molecule has 1 aromatic heterocycles. The van der Waals surface area contributed by atoms with E-state index in [1.165, 1.54) is 11.8 Å². The Bertz CT molecular complexity index is 837. The highest BCUT2D eigenvalue weighted by Crippen LogP contribution is 2.41. The van der Waals surface area contributed by atoms with Crippen LogP contribution >= 0.6 is 11.8 Å². The molecule has 1 aliphatic heterocycles. The summed E-state index contributed by atoms with van der Waals surface area (Å²) in [6.07, 6.45) is 2.71. The van der Waals surface area contributed by atoms with E-state index in [1.54, 1.807) is 0 Å². The first-order chi connectivity index (χ1) is 13.1. The van der Waals surface area contributed by atoms with Gasteiger partial charge in [-0.3, -0.25) is 19.4 Å². The highest BCUT2D eigenvalue weighted by atomic mass is 32.2. The van der Waals surface area contributed by atoms with Crippen LogP contribution in [0.1, 0.15) is 62.5 Å². The van der Waals surface area contributed by atoms with Gasteiger partial charge >= 0.3 is 0 Å². The standard InChI is InChI=1S/C20H27N3O3S/c1-4-11-26-15-9-7-13(8-10-15)18-17-19(21-16(24)12-27-18)23(22-20(17)25)14(5-2)6-3/h7-10,14,18H,4-6,11-12H2,1-3H3,(H,21,24)(H,22,25)/t18-/m0/s1. The fraction of sp³-hybridized carbons (Fsp3) is 0.500. The van der Waals surface area contributed by atoms with Crippen LogP contribution in [0.4, 0.5) is 5.82 Å². The average Bonchev–Trinajstić information content (AvgIpc) is 2.87. The highest BCUT2D eigenvalue weighted by Gasteiger charge is 2.31. The minimum absolute atomic E-state index is 0.0784. The van der Waals surface area contributed by atoms with Crippen molar-refractivity contribution in [1.29, 1.82) is 0 Å². The van der Waals surface area contributed by atoms with Crippen LogP contribution in [0.3, 0.4) is 0 Å². The van der Waals surface area contributed by atoms with E-state index in [9.17, 15) is 9.59 Å². The summed E-state index contributed by atoms with van der Waals surface area (Å²) in [5.74, 6) is 1.66. The molecule has 0 saturated carbocycles. The lowest BCUT2D eigenvalue weighted by Gasteiger charge is -2.18. The molecule has 1 amide bonds. The number of amides is 1. The Kier molecular flexibility index (Phi) is 6.31. The molecule has 0 saturated heterocycles. The van der Waals surface area contributed by atoms with Crippen LogP contribution in [-0.4, -0.2) is 28.0 Å². The number of anilines is 1. The number of thioether (sulfide) groups is 1. The number of nitrogens with one attached hydrogen (secondary N) is 2. The Hall–Kier alpha value is -2.15. The number of aromatic amines is 1. The summed E-state index contributed by atoms with van der Waals surface area (Å²) < 4.78 is 7.49. The molecule has 1 atom stereocenters. The Morgan fingerprint density at radius 3 is 2.52 bits per heavy atom. The van der Waals surface area contributed by atoms with Gasteiger partial charge in [-0.1, -0.05) is 32.9 Å². The molecule has 6 nitrogen and oxygen atoms in total.